The number of rotatable bonds is 2. The average Bonchev–Trinajstić information content (AvgIpc) is 2.96. The third-order valence-electron chi connectivity index (χ3n) is 3.35. The number of aromatic hydroxyl groups is 1. The number of phenolic OH excluding ortho intramolecular Hbond substituents is 1. The van der Waals surface area contributed by atoms with Crippen molar-refractivity contribution < 1.29 is 14.9 Å². The predicted octanol–water partition coefficient (Wildman–Crippen LogP) is 2.68. The van der Waals surface area contributed by atoms with Crippen LogP contribution in [0.3, 0.4) is 0 Å². The minimum absolute atomic E-state index is 0.182. The van der Waals surface area contributed by atoms with Crippen LogP contribution in [0.5, 0.6) is 11.5 Å². The SMILES string of the molecule is COc1cc(C(C)(C)C)c(O)c(C2(O)CC2)c1. The van der Waals surface area contributed by atoms with Crippen molar-refractivity contribution in [3.05, 3.63) is 23.3 Å². The smallest absolute Gasteiger partial charge is 0.125 e. The number of aliphatic hydroxyl groups is 1. The highest BCUT2D eigenvalue weighted by Crippen LogP contribution is 2.51. The van der Waals surface area contributed by atoms with Crippen LogP contribution in [-0.2, 0) is 11.0 Å². The van der Waals surface area contributed by atoms with E-state index >= 15 is 0 Å². The summed E-state index contributed by atoms with van der Waals surface area (Å²) < 4.78 is 5.25. The van der Waals surface area contributed by atoms with Gasteiger partial charge in [0.2, 0.25) is 0 Å². The third kappa shape index (κ3) is 2.12. The molecule has 0 radical (unpaired) electrons. The molecule has 2 N–H and O–H groups in total. The molecule has 1 aromatic carbocycles. The lowest BCUT2D eigenvalue weighted by Gasteiger charge is -2.24. The van der Waals surface area contributed by atoms with Gasteiger partial charge < -0.3 is 14.9 Å². The predicted molar refractivity (Wildman–Crippen MR) is 66.5 cm³/mol. The van der Waals surface area contributed by atoms with E-state index < -0.39 is 5.60 Å². The first-order chi connectivity index (χ1) is 7.78. The second kappa shape index (κ2) is 3.64. The topological polar surface area (TPSA) is 49.7 Å². The summed E-state index contributed by atoms with van der Waals surface area (Å²) in [7, 11) is 1.60. The molecule has 1 fully saturated rings. The van der Waals surface area contributed by atoms with Crippen LogP contribution in [0.4, 0.5) is 0 Å². The molecule has 0 saturated heterocycles. The minimum Gasteiger partial charge on any atom is -0.507 e. The molecule has 1 aromatic rings. The second-order valence-electron chi connectivity index (χ2n) is 5.85. The van der Waals surface area contributed by atoms with Crippen molar-refractivity contribution in [2.75, 3.05) is 7.11 Å². The van der Waals surface area contributed by atoms with E-state index in [1.54, 1.807) is 13.2 Å². The van der Waals surface area contributed by atoms with Crippen molar-refractivity contribution in [1.82, 2.24) is 0 Å². The van der Waals surface area contributed by atoms with Gasteiger partial charge >= 0.3 is 0 Å². The van der Waals surface area contributed by atoms with Gasteiger partial charge in [-0.1, -0.05) is 20.8 Å². The standard InChI is InChI=1S/C14H20O3/c1-13(2,3)10-7-9(17-4)8-11(12(10)15)14(16)5-6-14/h7-8,15-16H,5-6H2,1-4H3. The second-order valence-corrected chi connectivity index (χ2v) is 5.85. The molecule has 1 aliphatic rings. The van der Waals surface area contributed by atoms with Gasteiger partial charge in [0.1, 0.15) is 11.5 Å². The first-order valence-corrected chi connectivity index (χ1v) is 5.92. The van der Waals surface area contributed by atoms with E-state index in [4.69, 9.17) is 4.74 Å². The van der Waals surface area contributed by atoms with Crippen molar-refractivity contribution in [2.24, 2.45) is 0 Å². The van der Waals surface area contributed by atoms with Gasteiger partial charge in [-0.25, -0.2) is 0 Å². The maximum atomic E-state index is 10.3. The lowest BCUT2D eigenvalue weighted by molar-refractivity contribution is 0.147. The number of hydrogen-bond acceptors (Lipinski definition) is 3. The van der Waals surface area contributed by atoms with Crippen molar-refractivity contribution in [1.29, 1.82) is 0 Å². The fraction of sp³-hybridized carbons (Fsp3) is 0.571. The van der Waals surface area contributed by atoms with Gasteiger partial charge in [-0.2, -0.15) is 0 Å². The summed E-state index contributed by atoms with van der Waals surface area (Å²) in [5.74, 6) is 0.890. The average molecular weight is 236 g/mol. The highest BCUT2D eigenvalue weighted by molar-refractivity contribution is 5.53. The summed E-state index contributed by atoms with van der Waals surface area (Å²) in [6, 6.07) is 3.57. The Kier molecular flexibility index (Phi) is 2.62. The molecule has 0 atom stereocenters. The van der Waals surface area contributed by atoms with E-state index in [0.29, 0.717) is 24.2 Å². The molecule has 0 spiro atoms. The third-order valence-corrected chi connectivity index (χ3v) is 3.35. The molecule has 0 unspecified atom stereocenters. The van der Waals surface area contributed by atoms with Gasteiger partial charge in [0, 0.05) is 11.1 Å². The molecule has 0 bridgehead atoms. The van der Waals surface area contributed by atoms with Gasteiger partial charge in [0.15, 0.2) is 0 Å². The highest BCUT2D eigenvalue weighted by Gasteiger charge is 2.45. The number of phenols is 1. The van der Waals surface area contributed by atoms with E-state index in [2.05, 4.69) is 0 Å². The van der Waals surface area contributed by atoms with E-state index in [0.717, 1.165) is 5.56 Å². The maximum absolute atomic E-state index is 10.3. The fourth-order valence-corrected chi connectivity index (χ4v) is 2.04. The Bertz CT molecular complexity index is 413. The fourth-order valence-electron chi connectivity index (χ4n) is 2.04. The quantitative estimate of drug-likeness (QED) is 0.830. The summed E-state index contributed by atoms with van der Waals surface area (Å²) in [5.41, 5.74) is 0.381. The largest absolute Gasteiger partial charge is 0.507 e. The van der Waals surface area contributed by atoms with Crippen molar-refractivity contribution in [3.8, 4) is 11.5 Å². The van der Waals surface area contributed by atoms with Crippen LogP contribution in [-0.4, -0.2) is 17.3 Å². The number of ether oxygens (including phenoxy) is 1. The van der Waals surface area contributed by atoms with Crippen molar-refractivity contribution in [3.63, 3.8) is 0 Å². The van der Waals surface area contributed by atoms with Crippen molar-refractivity contribution >= 4 is 0 Å². The Morgan fingerprint density at radius 3 is 2.24 bits per heavy atom. The summed E-state index contributed by atoms with van der Waals surface area (Å²) in [4.78, 5) is 0. The number of benzene rings is 1. The Labute approximate surface area is 102 Å². The van der Waals surface area contributed by atoms with Crippen LogP contribution in [0, 0.1) is 0 Å². The zero-order valence-corrected chi connectivity index (χ0v) is 10.9. The van der Waals surface area contributed by atoms with Crippen LogP contribution in [0.25, 0.3) is 0 Å². The van der Waals surface area contributed by atoms with Gasteiger partial charge in [-0.15, -0.1) is 0 Å². The monoisotopic (exact) mass is 236 g/mol. The molecule has 1 saturated carbocycles. The maximum Gasteiger partial charge on any atom is 0.125 e. The Balaban J connectivity index is 2.60. The molecule has 94 valence electrons. The molecule has 0 aliphatic heterocycles. The van der Waals surface area contributed by atoms with Gasteiger partial charge in [0.05, 0.1) is 12.7 Å². The molecule has 3 nitrogen and oxygen atoms in total. The Morgan fingerprint density at radius 1 is 1.24 bits per heavy atom. The van der Waals surface area contributed by atoms with E-state index in [9.17, 15) is 10.2 Å². The molecule has 3 heteroatoms. The molecule has 0 heterocycles. The molecular formula is C14H20O3. The molecule has 17 heavy (non-hydrogen) atoms. The first-order valence-electron chi connectivity index (χ1n) is 5.92. The molecule has 2 rings (SSSR count). The molecule has 1 aliphatic carbocycles. The van der Waals surface area contributed by atoms with Crippen LogP contribution in [0.2, 0.25) is 0 Å². The van der Waals surface area contributed by atoms with Gasteiger partial charge in [0.25, 0.3) is 0 Å². The van der Waals surface area contributed by atoms with Crippen LogP contribution in [0.15, 0.2) is 12.1 Å². The zero-order valence-electron chi connectivity index (χ0n) is 10.9. The zero-order chi connectivity index (χ0) is 12.8. The van der Waals surface area contributed by atoms with Crippen LogP contribution in [0.1, 0.15) is 44.7 Å². The Morgan fingerprint density at radius 2 is 1.82 bits per heavy atom. The van der Waals surface area contributed by atoms with Crippen LogP contribution < -0.4 is 4.74 Å². The van der Waals surface area contributed by atoms with Gasteiger partial charge in [-0.3, -0.25) is 0 Å². The minimum atomic E-state index is -0.849. The first kappa shape index (κ1) is 12.2. The summed E-state index contributed by atoms with van der Waals surface area (Å²) >= 11 is 0. The molecule has 0 aromatic heterocycles. The molecule has 0 amide bonds. The van der Waals surface area contributed by atoms with Gasteiger partial charge in [-0.05, 0) is 30.4 Å². The highest BCUT2D eigenvalue weighted by atomic mass is 16.5. The van der Waals surface area contributed by atoms with E-state index in [1.807, 2.05) is 26.8 Å². The lowest BCUT2D eigenvalue weighted by atomic mass is 9.84. The summed E-state index contributed by atoms with van der Waals surface area (Å²) in [5, 5.41) is 20.5. The van der Waals surface area contributed by atoms with E-state index in [1.165, 1.54) is 0 Å². The lowest BCUT2D eigenvalue weighted by Crippen LogP contribution is -2.15. The summed E-state index contributed by atoms with van der Waals surface area (Å²) in [6.07, 6.45) is 1.41. The van der Waals surface area contributed by atoms with Crippen LogP contribution >= 0.6 is 0 Å². The molecular weight excluding hydrogens is 216 g/mol. The number of methoxy groups -OCH3 is 1. The van der Waals surface area contributed by atoms with E-state index in [-0.39, 0.29) is 11.2 Å². The summed E-state index contributed by atoms with van der Waals surface area (Å²) in [6.45, 7) is 6.09. The normalized spacial score (nSPS) is 17.9. The van der Waals surface area contributed by atoms with Crippen molar-refractivity contribution in [2.45, 2.75) is 44.6 Å². The Hall–Kier alpha value is -1.22. The number of hydrogen-bond donors (Lipinski definition) is 2.